The average molecular weight is 580 g/mol. The van der Waals surface area contributed by atoms with Gasteiger partial charge in [-0.1, -0.05) is 133 Å². The van der Waals surface area contributed by atoms with Gasteiger partial charge in [0.15, 0.2) is 0 Å². The van der Waals surface area contributed by atoms with Crippen molar-refractivity contribution in [3.05, 3.63) is 182 Å². The quantitative estimate of drug-likeness (QED) is 0.178. The SMILES string of the molecule is COc1ccc(-c2ccccc2-c2cccc(N(c3ccc(-c4ccccc4)cc3)c3ccc(-c4ccccc4)cc3)c2)cc1. The smallest absolute Gasteiger partial charge is 0.118 e. The van der Waals surface area contributed by atoms with Gasteiger partial charge in [-0.2, -0.15) is 0 Å². The minimum Gasteiger partial charge on any atom is -0.497 e. The van der Waals surface area contributed by atoms with E-state index in [0.29, 0.717) is 0 Å². The lowest BCUT2D eigenvalue weighted by molar-refractivity contribution is 0.415. The molecule has 2 heteroatoms. The first kappa shape index (κ1) is 27.9. The van der Waals surface area contributed by atoms with Gasteiger partial charge in [-0.3, -0.25) is 0 Å². The first-order valence-corrected chi connectivity index (χ1v) is 15.2. The summed E-state index contributed by atoms with van der Waals surface area (Å²) in [6, 6.07) is 64.4. The molecule has 0 spiro atoms. The van der Waals surface area contributed by atoms with Gasteiger partial charge in [-0.15, -0.1) is 0 Å². The Balaban J connectivity index is 1.31. The van der Waals surface area contributed by atoms with Crippen LogP contribution in [0.15, 0.2) is 182 Å². The molecule has 0 amide bonds. The second-order valence-electron chi connectivity index (χ2n) is 11.0. The number of rotatable bonds is 8. The Labute approximate surface area is 265 Å². The number of hydrogen-bond donors (Lipinski definition) is 0. The van der Waals surface area contributed by atoms with E-state index in [0.717, 1.165) is 33.9 Å². The fraction of sp³-hybridized carbons (Fsp3) is 0.0233. The zero-order valence-corrected chi connectivity index (χ0v) is 25.2. The average Bonchev–Trinajstić information content (AvgIpc) is 3.13. The van der Waals surface area contributed by atoms with E-state index >= 15 is 0 Å². The minimum atomic E-state index is 0.852. The van der Waals surface area contributed by atoms with Gasteiger partial charge in [0.1, 0.15) is 5.75 Å². The van der Waals surface area contributed by atoms with E-state index in [1.54, 1.807) is 7.11 Å². The number of hydrogen-bond acceptors (Lipinski definition) is 2. The molecule has 2 nitrogen and oxygen atoms in total. The van der Waals surface area contributed by atoms with E-state index in [9.17, 15) is 0 Å². The molecule has 0 unspecified atom stereocenters. The Morgan fingerprint density at radius 2 is 0.756 bits per heavy atom. The molecule has 216 valence electrons. The van der Waals surface area contributed by atoms with E-state index in [4.69, 9.17) is 4.74 Å². The van der Waals surface area contributed by atoms with Crippen LogP contribution in [0.1, 0.15) is 0 Å². The van der Waals surface area contributed by atoms with Gasteiger partial charge in [-0.25, -0.2) is 0 Å². The molecule has 0 N–H and O–H groups in total. The zero-order valence-electron chi connectivity index (χ0n) is 25.2. The number of methoxy groups -OCH3 is 1. The first-order chi connectivity index (χ1) is 22.3. The van der Waals surface area contributed by atoms with E-state index < -0.39 is 0 Å². The van der Waals surface area contributed by atoms with Gasteiger partial charge in [0.05, 0.1) is 7.11 Å². The maximum atomic E-state index is 5.41. The minimum absolute atomic E-state index is 0.852. The standard InChI is InChI=1S/C43H33NO/c1-45-41-29-23-36(24-30-41)42-17-8-9-18-43(42)37-15-10-16-40(31-37)44(38-25-19-34(20-26-38)32-11-4-2-5-12-32)39-27-21-35(22-28-39)33-13-6-3-7-14-33/h2-31H,1H3. The summed E-state index contributed by atoms with van der Waals surface area (Å²) >= 11 is 0. The van der Waals surface area contributed by atoms with Crippen LogP contribution in [0, 0.1) is 0 Å². The van der Waals surface area contributed by atoms with Gasteiger partial charge in [0, 0.05) is 17.1 Å². The van der Waals surface area contributed by atoms with Crippen LogP contribution in [0.2, 0.25) is 0 Å². The van der Waals surface area contributed by atoms with Crippen molar-refractivity contribution in [2.45, 2.75) is 0 Å². The first-order valence-electron chi connectivity index (χ1n) is 15.2. The van der Waals surface area contributed by atoms with Crippen molar-refractivity contribution >= 4 is 17.1 Å². The van der Waals surface area contributed by atoms with Crippen LogP contribution in [0.5, 0.6) is 5.75 Å². The van der Waals surface area contributed by atoms with E-state index in [1.165, 1.54) is 33.4 Å². The second kappa shape index (κ2) is 12.8. The molecule has 0 bridgehead atoms. The summed E-state index contributed by atoms with van der Waals surface area (Å²) < 4.78 is 5.41. The maximum Gasteiger partial charge on any atom is 0.118 e. The fourth-order valence-electron chi connectivity index (χ4n) is 5.88. The van der Waals surface area contributed by atoms with Crippen molar-refractivity contribution < 1.29 is 4.74 Å². The molecule has 0 aliphatic carbocycles. The van der Waals surface area contributed by atoms with Crippen molar-refractivity contribution in [3.63, 3.8) is 0 Å². The molecule has 45 heavy (non-hydrogen) atoms. The topological polar surface area (TPSA) is 12.5 Å². The van der Waals surface area contributed by atoms with Crippen LogP contribution in [-0.4, -0.2) is 7.11 Å². The fourth-order valence-corrected chi connectivity index (χ4v) is 5.88. The monoisotopic (exact) mass is 579 g/mol. The summed E-state index contributed by atoms with van der Waals surface area (Å²) in [5, 5.41) is 0. The molecular weight excluding hydrogens is 546 g/mol. The summed E-state index contributed by atoms with van der Waals surface area (Å²) in [5.41, 5.74) is 12.8. The highest BCUT2D eigenvalue weighted by Gasteiger charge is 2.15. The van der Waals surface area contributed by atoms with E-state index in [2.05, 4.69) is 175 Å². The Bertz CT molecular complexity index is 1910. The van der Waals surface area contributed by atoms with Crippen LogP contribution >= 0.6 is 0 Å². The highest BCUT2D eigenvalue weighted by molar-refractivity contribution is 5.87. The molecule has 7 aromatic rings. The molecule has 0 fully saturated rings. The van der Waals surface area contributed by atoms with Crippen molar-refractivity contribution in [1.29, 1.82) is 0 Å². The molecule has 0 aromatic heterocycles. The molecule has 0 saturated carbocycles. The largest absolute Gasteiger partial charge is 0.497 e. The second-order valence-corrected chi connectivity index (χ2v) is 11.0. The number of benzene rings is 7. The third kappa shape index (κ3) is 6.00. The predicted octanol–water partition coefficient (Wildman–Crippen LogP) is 11.8. The molecule has 0 heterocycles. The summed E-state index contributed by atoms with van der Waals surface area (Å²) in [6.07, 6.45) is 0. The van der Waals surface area contributed by atoms with Crippen molar-refractivity contribution in [1.82, 2.24) is 0 Å². The van der Waals surface area contributed by atoms with E-state index in [1.807, 2.05) is 12.1 Å². The number of ether oxygens (including phenoxy) is 1. The van der Waals surface area contributed by atoms with E-state index in [-0.39, 0.29) is 0 Å². The molecule has 7 aromatic carbocycles. The van der Waals surface area contributed by atoms with Crippen LogP contribution < -0.4 is 9.64 Å². The van der Waals surface area contributed by atoms with Crippen LogP contribution in [-0.2, 0) is 0 Å². The van der Waals surface area contributed by atoms with Crippen molar-refractivity contribution in [2.75, 3.05) is 12.0 Å². The Morgan fingerprint density at radius 3 is 1.27 bits per heavy atom. The number of nitrogens with zero attached hydrogens (tertiary/aromatic N) is 1. The Kier molecular flexibility index (Phi) is 7.94. The van der Waals surface area contributed by atoms with Gasteiger partial charge < -0.3 is 9.64 Å². The Morgan fingerprint density at radius 1 is 0.333 bits per heavy atom. The summed E-state index contributed by atoms with van der Waals surface area (Å²) in [7, 11) is 1.70. The summed E-state index contributed by atoms with van der Waals surface area (Å²) in [5.74, 6) is 0.852. The normalized spacial score (nSPS) is 10.8. The highest BCUT2D eigenvalue weighted by Crippen LogP contribution is 2.40. The predicted molar refractivity (Wildman–Crippen MR) is 189 cm³/mol. The van der Waals surface area contributed by atoms with Gasteiger partial charge in [0.25, 0.3) is 0 Å². The Hall–Kier alpha value is -5.86. The lowest BCUT2D eigenvalue weighted by Crippen LogP contribution is -2.10. The molecule has 0 radical (unpaired) electrons. The molecule has 0 aliphatic heterocycles. The zero-order chi connectivity index (χ0) is 30.4. The lowest BCUT2D eigenvalue weighted by Gasteiger charge is -2.26. The van der Waals surface area contributed by atoms with Crippen LogP contribution in [0.4, 0.5) is 17.1 Å². The lowest BCUT2D eigenvalue weighted by atomic mass is 9.94. The van der Waals surface area contributed by atoms with Gasteiger partial charge >= 0.3 is 0 Å². The van der Waals surface area contributed by atoms with Crippen LogP contribution in [0.3, 0.4) is 0 Å². The van der Waals surface area contributed by atoms with Crippen molar-refractivity contribution in [2.24, 2.45) is 0 Å². The number of anilines is 3. The van der Waals surface area contributed by atoms with Gasteiger partial charge in [0.2, 0.25) is 0 Å². The third-order valence-corrected chi connectivity index (χ3v) is 8.21. The third-order valence-electron chi connectivity index (χ3n) is 8.21. The molecule has 0 aliphatic rings. The molecule has 0 atom stereocenters. The van der Waals surface area contributed by atoms with Crippen molar-refractivity contribution in [3.8, 4) is 50.3 Å². The molecular formula is C43H33NO. The summed E-state index contributed by atoms with van der Waals surface area (Å²) in [6.45, 7) is 0. The molecule has 7 rings (SSSR count). The van der Waals surface area contributed by atoms with Crippen LogP contribution in [0.25, 0.3) is 44.5 Å². The molecule has 0 saturated heterocycles. The summed E-state index contributed by atoms with van der Waals surface area (Å²) in [4.78, 5) is 2.34. The maximum absolute atomic E-state index is 5.41. The van der Waals surface area contributed by atoms with Gasteiger partial charge in [-0.05, 0) is 93.0 Å². The highest BCUT2D eigenvalue weighted by atomic mass is 16.5.